The fourth-order valence-corrected chi connectivity index (χ4v) is 8.37. The summed E-state index contributed by atoms with van der Waals surface area (Å²) >= 11 is 0.164. The van der Waals surface area contributed by atoms with Gasteiger partial charge in [0.1, 0.15) is 0 Å². The van der Waals surface area contributed by atoms with Crippen LogP contribution in [0.4, 0.5) is 0 Å². The van der Waals surface area contributed by atoms with Crippen LogP contribution in [-0.4, -0.2) is 33.6 Å². The Morgan fingerprint density at radius 1 is 0.462 bits per heavy atom. The Hall–Kier alpha value is -4.70. The van der Waals surface area contributed by atoms with Crippen LogP contribution in [0.2, 0.25) is 0 Å². The second kappa shape index (κ2) is 7.90. The van der Waals surface area contributed by atoms with Crippen LogP contribution in [0, 0.1) is 0 Å². The number of para-hydroxylation sites is 3. The topological polar surface area (TPSA) is 35.6 Å². The Labute approximate surface area is 229 Å². The molecule has 5 aromatic carbocycles. The van der Waals surface area contributed by atoms with E-state index in [-0.39, 0.29) is 14.5 Å². The van der Waals surface area contributed by atoms with Crippen molar-refractivity contribution in [2.45, 2.75) is 0 Å². The Morgan fingerprint density at radius 3 is 1.69 bits per heavy atom. The molecular formula is C34H20N4Se. The first-order valence-electron chi connectivity index (χ1n) is 13.0. The number of hydrogen-bond donors (Lipinski definition) is 0. The molecule has 0 saturated carbocycles. The molecule has 39 heavy (non-hydrogen) atoms. The van der Waals surface area contributed by atoms with Crippen molar-refractivity contribution in [1.82, 2.24) is 19.1 Å². The van der Waals surface area contributed by atoms with Gasteiger partial charge in [0.15, 0.2) is 0 Å². The van der Waals surface area contributed by atoms with Gasteiger partial charge in [-0.15, -0.1) is 0 Å². The van der Waals surface area contributed by atoms with Crippen molar-refractivity contribution in [1.29, 1.82) is 0 Å². The summed E-state index contributed by atoms with van der Waals surface area (Å²) in [5.74, 6) is 0. The molecule has 0 radical (unpaired) electrons. The van der Waals surface area contributed by atoms with Crippen LogP contribution in [0.25, 0.3) is 74.5 Å². The Bertz CT molecular complexity index is 2350. The van der Waals surface area contributed by atoms with E-state index in [2.05, 4.69) is 128 Å². The van der Waals surface area contributed by atoms with Crippen molar-refractivity contribution in [3.63, 3.8) is 0 Å². The van der Waals surface area contributed by atoms with Gasteiger partial charge in [-0.1, -0.05) is 12.1 Å². The molecule has 9 aromatic rings. The SMILES string of the molecule is c1ccc2c(c1)c1ccccc1n2-c1ccc2c(c1)c1ccccc1n2-c1ccc2c(c1)[se]c1nccnc12. The van der Waals surface area contributed by atoms with Gasteiger partial charge in [0.05, 0.1) is 0 Å². The van der Waals surface area contributed by atoms with E-state index in [4.69, 9.17) is 0 Å². The summed E-state index contributed by atoms with van der Waals surface area (Å²) in [5.41, 5.74) is 8.27. The van der Waals surface area contributed by atoms with Crippen LogP contribution in [0.5, 0.6) is 0 Å². The van der Waals surface area contributed by atoms with Gasteiger partial charge in [-0.25, -0.2) is 0 Å². The first-order chi connectivity index (χ1) is 19.3. The summed E-state index contributed by atoms with van der Waals surface area (Å²) in [6.45, 7) is 0. The minimum absolute atomic E-state index is 0.164. The van der Waals surface area contributed by atoms with Crippen molar-refractivity contribution in [3.05, 3.63) is 122 Å². The molecule has 0 aliphatic carbocycles. The van der Waals surface area contributed by atoms with Crippen molar-refractivity contribution < 1.29 is 0 Å². The number of aromatic nitrogens is 4. The van der Waals surface area contributed by atoms with Crippen LogP contribution < -0.4 is 0 Å². The van der Waals surface area contributed by atoms with Gasteiger partial charge in [-0.05, 0) is 0 Å². The zero-order valence-corrected chi connectivity index (χ0v) is 22.5. The van der Waals surface area contributed by atoms with Crippen LogP contribution in [0.15, 0.2) is 122 Å². The number of rotatable bonds is 2. The molecule has 0 atom stereocenters. The maximum absolute atomic E-state index is 4.61. The normalized spacial score (nSPS) is 12.1. The molecular weight excluding hydrogens is 543 g/mol. The van der Waals surface area contributed by atoms with Gasteiger partial charge in [0, 0.05) is 0 Å². The van der Waals surface area contributed by atoms with E-state index < -0.39 is 0 Å². The predicted molar refractivity (Wildman–Crippen MR) is 163 cm³/mol. The van der Waals surface area contributed by atoms with Crippen LogP contribution in [-0.2, 0) is 0 Å². The molecule has 4 heterocycles. The van der Waals surface area contributed by atoms with Gasteiger partial charge >= 0.3 is 218 Å². The molecule has 5 heteroatoms. The van der Waals surface area contributed by atoms with E-state index in [0.717, 1.165) is 9.91 Å². The van der Waals surface area contributed by atoms with E-state index in [1.165, 1.54) is 64.6 Å². The molecule has 0 spiro atoms. The zero-order chi connectivity index (χ0) is 25.5. The fraction of sp³-hybridized carbons (Fsp3) is 0. The number of fused-ring (bicyclic) bond motifs is 9. The number of hydrogen-bond acceptors (Lipinski definition) is 2. The monoisotopic (exact) mass is 564 g/mol. The molecule has 0 unspecified atom stereocenters. The van der Waals surface area contributed by atoms with Gasteiger partial charge in [-0.2, -0.15) is 0 Å². The zero-order valence-electron chi connectivity index (χ0n) is 20.7. The Morgan fingerprint density at radius 2 is 1.00 bits per heavy atom. The van der Waals surface area contributed by atoms with Gasteiger partial charge in [0.2, 0.25) is 0 Å². The third-order valence-corrected chi connectivity index (χ3v) is 10.0. The minimum atomic E-state index is 0.164. The standard InChI is InChI=1S/C34H20N4Se/c1-4-10-28-23(7-1)24-8-2-5-11-29(24)37(28)21-14-16-31-27(19-21)25-9-3-6-12-30(25)38(31)22-13-15-26-32(20-22)39-34-33(26)35-17-18-36-34/h1-20H. The average Bonchev–Trinajstić information content (AvgIpc) is 3.64. The average molecular weight is 564 g/mol. The second-order valence-electron chi connectivity index (χ2n) is 9.92. The third kappa shape index (κ3) is 2.94. The first kappa shape index (κ1) is 21.3. The second-order valence-corrected chi connectivity index (χ2v) is 12.1. The number of benzene rings is 5. The summed E-state index contributed by atoms with van der Waals surface area (Å²) in [7, 11) is 0. The number of nitrogens with zero attached hydrogens (tertiary/aromatic N) is 4. The van der Waals surface area contributed by atoms with Gasteiger partial charge < -0.3 is 0 Å². The van der Waals surface area contributed by atoms with E-state index in [0.29, 0.717) is 0 Å². The van der Waals surface area contributed by atoms with E-state index >= 15 is 0 Å². The van der Waals surface area contributed by atoms with E-state index in [1.807, 2.05) is 0 Å². The summed E-state index contributed by atoms with van der Waals surface area (Å²) in [6, 6.07) is 39.8. The van der Waals surface area contributed by atoms with E-state index in [1.54, 1.807) is 12.4 Å². The molecule has 4 aromatic heterocycles. The maximum atomic E-state index is 4.61. The van der Waals surface area contributed by atoms with Gasteiger partial charge in [0.25, 0.3) is 0 Å². The van der Waals surface area contributed by atoms with Crippen LogP contribution in [0.3, 0.4) is 0 Å². The molecule has 182 valence electrons. The summed E-state index contributed by atoms with van der Waals surface area (Å²) in [6.07, 6.45) is 3.59. The predicted octanol–water partition coefficient (Wildman–Crippen LogP) is 8.03. The third-order valence-electron chi connectivity index (χ3n) is 7.84. The van der Waals surface area contributed by atoms with Crippen molar-refractivity contribution in [3.8, 4) is 11.4 Å². The molecule has 4 nitrogen and oxygen atoms in total. The summed E-state index contributed by atoms with van der Waals surface area (Å²) < 4.78 is 7.26. The van der Waals surface area contributed by atoms with E-state index in [9.17, 15) is 0 Å². The molecule has 0 N–H and O–H groups in total. The fourth-order valence-electron chi connectivity index (χ4n) is 6.20. The molecule has 0 saturated heterocycles. The quantitative estimate of drug-likeness (QED) is 0.200. The van der Waals surface area contributed by atoms with Gasteiger partial charge in [-0.3, -0.25) is 0 Å². The van der Waals surface area contributed by atoms with Crippen molar-refractivity contribution in [2.24, 2.45) is 0 Å². The first-order valence-corrected chi connectivity index (χ1v) is 14.7. The van der Waals surface area contributed by atoms with Crippen LogP contribution >= 0.6 is 0 Å². The summed E-state index contributed by atoms with van der Waals surface area (Å²) in [5, 5.41) is 6.29. The molecule has 0 amide bonds. The molecule has 9 rings (SSSR count). The molecule has 0 aliphatic rings. The molecule has 0 aliphatic heterocycles. The Kier molecular flexibility index (Phi) is 4.31. The van der Waals surface area contributed by atoms with Crippen molar-refractivity contribution in [2.75, 3.05) is 0 Å². The summed E-state index contributed by atoms with van der Waals surface area (Å²) in [4.78, 5) is 9.21. The molecule has 0 fully saturated rings. The molecule has 0 bridgehead atoms. The van der Waals surface area contributed by atoms with Crippen LogP contribution in [0.1, 0.15) is 0 Å². The van der Waals surface area contributed by atoms with Crippen molar-refractivity contribution >= 4 is 77.7 Å². The Balaban J connectivity index is 1.33.